The molecule has 0 aliphatic carbocycles. The highest BCUT2D eigenvalue weighted by molar-refractivity contribution is 6.05. The number of benzene rings is 2. The van der Waals surface area contributed by atoms with Gasteiger partial charge in [0.05, 0.1) is 54.0 Å². The van der Waals surface area contributed by atoms with Crippen molar-refractivity contribution < 1.29 is 19.0 Å². The second-order valence-corrected chi connectivity index (χ2v) is 9.43. The lowest BCUT2D eigenvalue weighted by Crippen LogP contribution is -2.33. The second-order valence-electron chi connectivity index (χ2n) is 9.43. The van der Waals surface area contributed by atoms with Crippen LogP contribution < -0.4 is 20.7 Å². The van der Waals surface area contributed by atoms with E-state index in [9.17, 15) is 19.6 Å². The van der Waals surface area contributed by atoms with E-state index in [-0.39, 0.29) is 35.6 Å². The van der Waals surface area contributed by atoms with Crippen LogP contribution in [0.2, 0.25) is 0 Å². The molecular weight excluding hydrogens is 511 g/mol. The zero-order valence-electron chi connectivity index (χ0n) is 21.7. The van der Waals surface area contributed by atoms with Crippen molar-refractivity contribution in [1.82, 2.24) is 9.97 Å². The van der Waals surface area contributed by atoms with Gasteiger partial charge in [-0.25, -0.2) is 9.37 Å². The van der Waals surface area contributed by atoms with Crippen molar-refractivity contribution in [2.45, 2.75) is 18.5 Å². The fourth-order valence-electron chi connectivity index (χ4n) is 5.00. The lowest BCUT2D eigenvalue weighted by molar-refractivity contribution is 0.102. The fourth-order valence-corrected chi connectivity index (χ4v) is 5.00. The molecule has 0 bridgehead atoms. The van der Waals surface area contributed by atoms with Crippen LogP contribution in [-0.4, -0.2) is 53.3 Å². The van der Waals surface area contributed by atoms with E-state index < -0.39 is 11.7 Å². The zero-order chi connectivity index (χ0) is 28.2. The SMILES string of the molecule is COc1cccc(F)c1-c1cccc(C(=O)Nc2ccc(-c3cnccc3C#N)cc2N2C[C@@H](N)CC2CO)n1. The number of aliphatic hydroxyl groups excluding tert-OH is 1. The topological polar surface area (TPSA) is 137 Å². The third-order valence-electron chi connectivity index (χ3n) is 6.90. The van der Waals surface area contributed by atoms with Crippen LogP contribution in [0.25, 0.3) is 22.4 Å². The molecule has 4 N–H and O–H groups in total. The quantitative estimate of drug-likeness (QED) is 0.321. The maximum atomic E-state index is 14.7. The number of amides is 1. The molecule has 1 unspecified atom stereocenters. The van der Waals surface area contributed by atoms with Gasteiger partial charge in [-0.15, -0.1) is 0 Å². The molecule has 2 aromatic carbocycles. The largest absolute Gasteiger partial charge is 0.496 e. The predicted octanol–water partition coefficient (Wildman–Crippen LogP) is 3.98. The summed E-state index contributed by atoms with van der Waals surface area (Å²) < 4.78 is 20.0. The summed E-state index contributed by atoms with van der Waals surface area (Å²) in [7, 11) is 1.44. The minimum absolute atomic E-state index is 0.0775. The molecule has 1 amide bonds. The number of ether oxygens (including phenoxy) is 1. The van der Waals surface area contributed by atoms with Gasteiger partial charge >= 0.3 is 0 Å². The van der Waals surface area contributed by atoms with E-state index in [1.54, 1.807) is 48.8 Å². The first-order valence-corrected chi connectivity index (χ1v) is 12.7. The summed E-state index contributed by atoms with van der Waals surface area (Å²) >= 11 is 0. The van der Waals surface area contributed by atoms with Gasteiger partial charge in [0.25, 0.3) is 5.91 Å². The number of anilines is 2. The Hall–Kier alpha value is -4.85. The summed E-state index contributed by atoms with van der Waals surface area (Å²) in [5.74, 6) is -0.723. The third-order valence-corrected chi connectivity index (χ3v) is 6.90. The van der Waals surface area contributed by atoms with Crippen molar-refractivity contribution in [2.75, 3.05) is 30.5 Å². The second kappa shape index (κ2) is 11.5. The van der Waals surface area contributed by atoms with Crippen LogP contribution in [0.5, 0.6) is 5.75 Å². The lowest BCUT2D eigenvalue weighted by Gasteiger charge is -2.28. The van der Waals surface area contributed by atoms with Crippen LogP contribution >= 0.6 is 0 Å². The summed E-state index contributed by atoms with van der Waals surface area (Å²) in [4.78, 5) is 24.0. The maximum absolute atomic E-state index is 14.7. The van der Waals surface area contributed by atoms with Crippen molar-refractivity contribution in [2.24, 2.45) is 5.73 Å². The van der Waals surface area contributed by atoms with Gasteiger partial charge in [0.15, 0.2) is 0 Å². The number of methoxy groups -OCH3 is 1. The molecule has 1 aliphatic heterocycles. The van der Waals surface area contributed by atoms with Crippen LogP contribution in [0, 0.1) is 17.1 Å². The third kappa shape index (κ3) is 5.20. The van der Waals surface area contributed by atoms with E-state index >= 15 is 0 Å². The number of hydrogen-bond acceptors (Lipinski definition) is 8. The normalized spacial score (nSPS) is 16.4. The molecule has 0 spiro atoms. The molecule has 1 aliphatic rings. The highest BCUT2D eigenvalue weighted by Gasteiger charge is 2.31. The molecule has 0 saturated carbocycles. The lowest BCUT2D eigenvalue weighted by atomic mass is 10.0. The van der Waals surface area contributed by atoms with E-state index in [0.717, 1.165) is 5.56 Å². The number of rotatable bonds is 7. The number of nitriles is 1. The monoisotopic (exact) mass is 538 g/mol. The van der Waals surface area contributed by atoms with Crippen LogP contribution in [0.15, 0.2) is 73.1 Å². The molecular formula is C30H27FN6O3. The van der Waals surface area contributed by atoms with Crippen LogP contribution in [0.3, 0.4) is 0 Å². The number of carbonyl (C=O) groups is 1. The molecule has 202 valence electrons. The first kappa shape index (κ1) is 26.7. The van der Waals surface area contributed by atoms with Crippen LogP contribution in [0.1, 0.15) is 22.5 Å². The first-order chi connectivity index (χ1) is 19.4. The molecule has 4 aromatic rings. The summed E-state index contributed by atoms with van der Waals surface area (Å²) in [6.07, 6.45) is 3.75. The first-order valence-electron chi connectivity index (χ1n) is 12.7. The zero-order valence-corrected chi connectivity index (χ0v) is 21.7. The summed E-state index contributed by atoms with van der Waals surface area (Å²) in [5, 5.41) is 22.6. The number of aliphatic hydroxyl groups is 1. The Balaban J connectivity index is 1.53. The molecule has 2 aromatic heterocycles. The van der Waals surface area contributed by atoms with E-state index in [4.69, 9.17) is 10.5 Å². The Kier molecular flexibility index (Phi) is 7.68. The molecule has 10 heteroatoms. The van der Waals surface area contributed by atoms with Crippen molar-refractivity contribution >= 4 is 17.3 Å². The number of pyridine rings is 2. The maximum Gasteiger partial charge on any atom is 0.274 e. The van der Waals surface area contributed by atoms with Gasteiger partial charge in [-0.1, -0.05) is 18.2 Å². The molecule has 1 saturated heterocycles. The average Bonchev–Trinajstić information content (AvgIpc) is 3.37. The van der Waals surface area contributed by atoms with Crippen molar-refractivity contribution in [3.8, 4) is 34.2 Å². The number of nitrogens with zero attached hydrogens (tertiary/aromatic N) is 4. The van der Waals surface area contributed by atoms with Gasteiger partial charge < -0.3 is 25.8 Å². The number of hydrogen-bond donors (Lipinski definition) is 3. The van der Waals surface area contributed by atoms with Gasteiger partial charge in [0, 0.05) is 30.5 Å². The van der Waals surface area contributed by atoms with E-state index in [1.165, 1.54) is 25.3 Å². The molecule has 9 nitrogen and oxygen atoms in total. The van der Waals surface area contributed by atoms with E-state index in [0.29, 0.717) is 41.2 Å². The minimum atomic E-state index is -0.519. The van der Waals surface area contributed by atoms with Crippen molar-refractivity contribution in [3.05, 3.63) is 90.1 Å². The highest BCUT2D eigenvalue weighted by atomic mass is 19.1. The average molecular weight is 539 g/mol. The number of halogens is 1. The predicted molar refractivity (Wildman–Crippen MR) is 149 cm³/mol. The van der Waals surface area contributed by atoms with Gasteiger partial charge in [-0.3, -0.25) is 9.78 Å². The van der Waals surface area contributed by atoms with Gasteiger partial charge in [0.1, 0.15) is 17.3 Å². The van der Waals surface area contributed by atoms with E-state index in [1.807, 2.05) is 11.0 Å². The molecule has 5 rings (SSSR count). The number of nitrogens with two attached hydrogens (primary N) is 1. The Morgan fingerprint density at radius 1 is 1.25 bits per heavy atom. The number of nitrogens with one attached hydrogen (secondary N) is 1. The van der Waals surface area contributed by atoms with Gasteiger partial charge in [-0.05, 0) is 54.4 Å². The van der Waals surface area contributed by atoms with Crippen molar-refractivity contribution in [3.63, 3.8) is 0 Å². The summed E-state index contributed by atoms with van der Waals surface area (Å²) in [6, 6.07) is 18.0. The van der Waals surface area contributed by atoms with E-state index in [2.05, 4.69) is 21.4 Å². The van der Waals surface area contributed by atoms with Crippen LogP contribution in [0.4, 0.5) is 15.8 Å². The summed E-state index contributed by atoms with van der Waals surface area (Å²) in [5.41, 5.74) is 9.65. The molecule has 3 heterocycles. The van der Waals surface area contributed by atoms with Gasteiger partial charge in [0.2, 0.25) is 0 Å². The van der Waals surface area contributed by atoms with Gasteiger partial charge in [-0.2, -0.15) is 5.26 Å². The molecule has 40 heavy (non-hydrogen) atoms. The minimum Gasteiger partial charge on any atom is -0.496 e. The Bertz CT molecular complexity index is 1600. The number of aromatic nitrogens is 2. The molecule has 2 atom stereocenters. The Morgan fingerprint density at radius 2 is 2.08 bits per heavy atom. The number of carbonyl (C=O) groups excluding carboxylic acids is 1. The molecule has 1 fully saturated rings. The summed E-state index contributed by atoms with van der Waals surface area (Å²) in [6.45, 7) is 0.353. The Labute approximate surface area is 230 Å². The fraction of sp³-hybridized carbons (Fsp3) is 0.200. The highest BCUT2D eigenvalue weighted by Crippen LogP contribution is 2.37. The molecule has 0 radical (unpaired) electrons. The van der Waals surface area contributed by atoms with Crippen LogP contribution in [-0.2, 0) is 0 Å². The Morgan fingerprint density at radius 3 is 2.85 bits per heavy atom. The standard InChI is InChI=1S/C30H27FN6O3/c1-40-28-7-2-4-23(31)29(28)25-5-3-6-26(35-25)30(39)36-24-9-8-18(22-15-34-11-10-19(22)14-32)12-27(24)37-16-20(33)13-21(37)17-38/h2-12,15,20-21,38H,13,16-17,33H2,1H3,(H,36,39)/t20-,21?/m0/s1. The van der Waals surface area contributed by atoms with Crippen molar-refractivity contribution in [1.29, 1.82) is 5.26 Å². The smallest absolute Gasteiger partial charge is 0.274 e.